The van der Waals surface area contributed by atoms with Crippen LogP contribution >= 0.6 is 23.4 Å². The largest absolute Gasteiger partial charge is 0.297 e. The molecule has 0 spiro atoms. The molecule has 0 aliphatic carbocycles. The van der Waals surface area contributed by atoms with Crippen molar-refractivity contribution in [2.75, 3.05) is 12.0 Å². The van der Waals surface area contributed by atoms with E-state index < -0.39 is 0 Å². The summed E-state index contributed by atoms with van der Waals surface area (Å²) in [5.41, 5.74) is -0.0219. The molecule has 1 unspecified atom stereocenters. The van der Waals surface area contributed by atoms with Crippen LogP contribution in [0.4, 0.5) is 0 Å². The fraction of sp³-hybridized carbons (Fsp3) is 0.818. The van der Waals surface area contributed by atoms with E-state index in [0.717, 1.165) is 18.0 Å². The van der Waals surface area contributed by atoms with Crippen LogP contribution in [0.1, 0.15) is 46.0 Å². The van der Waals surface area contributed by atoms with Gasteiger partial charge in [-0.3, -0.25) is 4.57 Å². The average Bonchev–Trinajstić information content (AvgIpc) is 2.56. The van der Waals surface area contributed by atoms with Gasteiger partial charge in [-0.1, -0.05) is 27.7 Å². The zero-order chi connectivity index (χ0) is 12.3. The minimum atomic E-state index is -0.0219. The molecule has 0 aliphatic rings. The van der Waals surface area contributed by atoms with Gasteiger partial charge in [0.25, 0.3) is 0 Å². The van der Waals surface area contributed by atoms with Gasteiger partial charge in [-0.25, -0.2) is 0 Å². The first-order valence-electron chi connectivity index (χ1n) is 5.51. The van der Waals surface area contributed by atoms with Crippen molar-refractivity contribution < 1.29 is 0 Å². The van der Waals surface area contributed by atoms with Crippen molar-refractivity contribution in [2.45, 2.75) is 45.6 Å². The van der Waals surface area contributed by atoms with Crippen LogP contribution in [0.15, 0.2) is 0 Å². The third-order valence-electron chi connectivity index (χ3n) is 2.52. The molecule has 1 atom stereocenters. The molecule has 1 heterocycles. The quantitative estimate of drug-likeness (QED) is 0.831. The van der Waals surface area contributed by atoms with E-state index in [1.54, 1.807) is 0 Å². The SMILES string of the molecule is CCC(CSC)n1c(Cl)nnc1C(C)(C)C. The van der Waals surface area contributed by atoms with Gasteiger partial charge in [0.2, 0.25) is 5.28 Å². The van der Waals surface area contributed by atoms with Crippen LogP contribution in [-0.4, -0.2) is 26.8 Å². The van der Waals surface area contributed by atoms with Crippen LogP contribution in [0.2, 0.25) is 5.28 Å². The van der Waals surface area contributed by atoms with Crippen LogP contribution < -0.4 is 0 Å². The van der Waals surface area contributed by atoms with Crippen molar-refractivity contribution >= 4 is 23.4 Å². The average molecular weight is 262 g/mol. The smallest absolute Gasteiger partial charge is 0.225 e. The summed E-state index contributed by atoms with van der Waals surface area (Å²) in [4.78, 5) is 0. The molecule has 0 radical (unpaired) electrons. The van der Waals surface area contributed by atoms with Gasteiger partial charge in [-0.2, -0.15) is 11.8 Å². The number of rotatable bonds is 4. The van der Waals surface area contributed by atoms with Crippen LogP contribution in [0.3, 0.4) is 0 Å². The lowest BCUT2D eigenvalue weighted by molar-refractivity contribution is 0.448. The predicted molar refractivity (Wildman–Crippen MR) is 71.4 cm³/mol. The lowest BCUT2D eigenvalue weighted by atomic mass is 9.95. The van der Waals surface area contributed by atoms with Crippen LogP contribution in [0.5, 0.6) is 0 Å². The molecule has 3 nitrogen and oxygen atoms in total. The molecule has 1 rings (SSSR count). The van der Waals surface area contributed by atoms with Gasteiger partial charge >= 0.3 is 0 Å². The summed E-state index contributed by atoms with van der Waals surface area (Å²) >= 11 is 7.97. The predicted octanol–water partition coefficient (Wildman–Crippen LogP) is 3.54. The Morgan fingerprint density at radius 2 is 2.00 bits per heavy atom. The van der Waals surface area contributed by atoms with Crippen molar-refractivity contribution in [1.82, 2.24) is 14.8 Å². The van der Waals surface area contributed by atoms with Crippen LogP contribution in [0.25, 0.3) is 0 Å². The molecule has 0 amide bonds. The van der Waals surface area contributed by atoms with E-state index in [1.165, 1.54) is 0 Å². The minimum absolute atomic E-state index is 0.0219. The second-order valence-electron chi connectivity index (χ2n) is 4.93. The first-order valence-corrected chi connectivity index (χ1v) is 7.28. The normalized spacial score (nSPS) is 14.1. The van der Waals surface area contributed by atoms with Gasteiger partial charge in [0, 0.05) is 17.2 Å². The number of hydrogen-bond acceptors (Lipinski definition) is 3. The Bertz CT molecular complexity index is 343. The van der Waals surface area contributed by atoms with Crippen LogP contribution in [-0.2, 0) is 5.41 Å². The van der Waals surface area contributed by atoms with Gasteiger partial charge in [0.05, 0.1) is 0 Å². The summed E-state index contributed by atoms with van der Waals surface area (Å²) in [6.07, 6.45) is 3.15. The molecule has 1 aromatic rings. The van der Waals surface area contributed by atoms with Gasteiger partial charge in [-0.05, 0) is 24.3 Å². The summed E-state index contributed by atoms with van der Waals surface area (Å²) < 4.78 is 2.08. The van der Waals surface area contributed by atoms with Gasteiger partial charge in [0.1, 0.15) is 5.82 Å². The number of aromatic nitrogens is 3. The summed E-state index contributed by atoms with van der Waals surface area (Å²) in [5.74, 6) is 2.01. The third kappa shape index (κ3) is 2.92. The number of halogens is 1. The highest BCUT2D eigenvalue weighted by Crippen LogP contribution is 2.29. The fourth-order valence-electron chi connectivity index (χ4n) is 1.67. The Labute approximate surface area is 107 Å². The molecule has 92 valence electrons. The lowest BCUT2D eigenvalue weighted by Gasteiger charge is -2.24. The fourth-order valence-corrected chi connectivity index (χ4v) is 2.70. The number of nitrogens with zero attached hydrogens (tertiary/aromatic N) is 3. The molecular weight excluding hydrogens is 242 g/mol. The van der Waals surface area contributed by atoms with E-state index >= 15 is 0 Å². The lowest BCUT2D eigenvalue weighted by Crippen LogP contribution is -2.23. The topological polar surface area (TPSA) is 30.7 Å². The summed E-state index contributed by atoms with van der Waals surface area (Å²) in [6, 6.07) is 0.381. The van der Waals surface area contributed by atoms with E-state index in [1.807, 2.05) is 11.8 Å². The Kier molecular flexibility index (Phi) is 4.68. The molecular formula is C11H20ClN3S. The van der Waals surface area contributed by atoms with Crippen molar-refractivity contribution in [2.24, 2.45) is 0 Å². The summed E-state index contributed by atoms with van der Waals surface area (Å²) in [6.45, 7) is 8.57. The van der Waals surface area contributed by atoms with Crippen molar-refractivity contribution in [3.8, 4) is 0 Å². The maximum atomic E-state index is 6.14. The molecule has 0 saturated heterocycles. The standard InChI is InChI=1S/C11H20ClN3S/c1-6-8(7-16-5)15-9(11(2,3)4)13-14-10(15)12/h8H,6-7H2,1-5H3. The molecule has 0 fully saturated rings. The molecule has 0 N–H and O–H groups in total. The van der Waals surface area contributed by atoms with Gasteiger partial charge in [0.15, 0.2) is 0 Å². The highest BCUT2D eigenvalue weighted by molar-refractivity contribution is 7.98. The second-order valence-corrected chi connectivity index (χ2v) is 6.18. The minimum Gasteiger partial charge on any atom is -0.297 e. The summed E-state index contributed by atoms with van der Waals surface area (Å²) in [7, 11) is 0. The molecule has 0 aromatic carbocycles. The third-order valence-corrected chi connectivity index (χ3v) is 3.50. The van der Waals surface area contributed by atoms with Crippen molar-refractivity contribution in [3.63, 3.8) is 0 Å². The monoisotopic (exact) mass is 261 g/mol. The van der Waals surface area contributed by atoms with E-state index in [-0.39, 0.29) is 5.41 Å². The van der Waals surface area contributed by atoms with E-state index in [0.29, 0.717) is 11.3 Å². The van der Waals surface area contributed by atoms with E-state index in [9.17, 15) is 0 Å². The first-order chi connectivity index (χ1) is 7.41. The molecule has 5 heteroatoms. The molecule has 16 heavy (non-hydrogen) atoms. The summed E-state index contributed by atoms with van der Waals surface area (Å²) in [5, 5.41) is 8.72. The molecule has 1 aromatic heterocycles. The van der Waals surface area contributed by atoms with Gasteiger partial charge < -0.3 is 0 Å². The van der Waals surface area contributed by atoms with Crippen molar-refractivity contribution in [1.29, 1.82) is 0 Å². The van der Waals surface area contributed by atoms with E-state index in [4.69, 9.17) is 11.6 Å². The maximum Gasteiger partial charge on any atom is 0.225 e. The highest BCUT2D eigenvalue weighted by Gasteiger charge is 2.26. The Morgan fingerprint density at radius 1 is 1.38 bits per heavy atom. The van der Waals surface area contributed by atoms with Crippen molar-refractivity contribution in [3.05, 3.63) is 11.1 Å². The number of thioether (sulfide) groups is 1. The molecule has 0 saturated carbocycles. The van der Waals surface area contributed by atoms with Gasteiger partial charge in [-0.15, -0.1) is 10.2 Å². The van der Waals surface area contributed by atoms with E-state index in [2.05, 4.69) is 48.7 Å². The highest BCUT2D eigenvalue weighted by atomic mass is 35.5. The Hall–Kier alpha value is -0.220. The molecule has 0 bridgehead atoms. The zero-order valence-corrected chi connectivity index (χ0v) is 12.2. The molecule has 0 aliphatic heterocycles. The first kappa shape index (κ1) is 13.8. The zero-order valence-electron chi connectivity index (χ0n) is 10.6. The Morgan fingerprint density at radius 3 is 2.44 bits per heavy atom. The number of hydrogen-bond donors (Lipinski definition) is 0. The van der Waals surface area contributed by atoms with Crippen LogP contribution in [0, 0.1) is 0 Å². The maximum absolute atomic E-state index is 6.14. The Balaban J connectivity index is 3.14. The second kappa shape index (κ2) is 5.41.